The molecule has 1 aliphatic heterocycles. The molecular weight excluding hydrogens is 382 g/mol. The molecule has 1 amide bonds. The van der Waals surface area contributed by atoms with Crippen LogP contribution < -0.4 is 4.90 Å². The van der Waals surface area contributed by atoms with Gasteiger partial charge in [0.25, 0.3) is 5.91 Å². The minimum Gasteiger partial charge on any atom is -0.506 e. The highest BCUT2D eigenvalue weighted by Crippen LogP contribution is 2.27. The number of phenols is 1. The fourth-order valence-corrected chi connectivity index (χ4v) is 3.63. The number of H-pyrrole nitrogens is 1. The van der Waals surface area contributed by atoms with Crippen LogP contribution in [-0.2, 0) is 0 Å². The van der Waals surface area contributed by atoms with E-state index in [2.05, 4.69) is 25.8 Å². The molecule has 0 aliphatic carbocycles. The lowest BCUT2D eigenvalue weighted by molar-refractivity contribution is 0.0742. The molecule has 0 radical (unpaired) electrons. The van der Waals surface area contributed by atoms with E-state index in [1.807, 2.05) is 47.4 Å². The maximum absolute atomic E-state index is 12.8. The number of nitrogens with one attached hydrogen (secondary N) is 1. The van der Waals surface area contributed by atoms with E-state index in [1.165, 1.54) is 0 Å². The molecule has 25 heavy (non-hydrogen) atoms. The lowest BCUT2D eigenvalue weighted by atomic mass is 10.2. The molecule has 3 aromatic rings. The summed E-state index contributed by atoms with van der Waals surface area (Å²) in [5, 5.41) is 11.0. The molecule has 0 atom stereocenters. The molecule has 5 nitrogen and oxygen atoms in total. The third kappa shape index (κ3) is 3.09. The van der Waals surface area contributed by atoms with Crippen molar-refractivity contribution in [2.75, 3.05) is 31.1 Å². The Bertz CT molecular complexity index is 929. The molecule has 6 heteroatoms. The van der Waals surface area contributed by atoms with Crippen molar-refractivity contribution in [3.05, 3.63) is 58.7 Å². The molecule has 2 N–H and O–H groups in total. The second-order valence-corrected chi connectivity index (χ2v) is 7.10. The van der Waals surface area contributed by atoms with Crippen molar-refractivity contribution in [2.24, 2.45) is 0 Å². The van der Waals surface area contributed by atoms with Crippen molar-refractivity contribution in [3.63, 3.8) is 0 Å². The number of fused-ring (bicyclic) bond motifs is 1. The molecule has 0 unspecified atom stereocenters. The van der Waals surface area contributed by atoms with E-state index in [9.17, 15) is 9.90 Å². The summed E-state index contributed by atoms with van der Waals surface area (Å²) in [4.78, 5) is 20.0. The number of aromatic nitrogens is 1. The van der Waals surface area contributed by atoms with Crippen molar-refractivity contribution in [1.82, 2.24) is 9.88 Å². The number of carbonyl (C=O) groups excluding carboxylic acids is 1. The number of hydrogen-bond acceptors (Lipinski definition) is 3. The molecule has 1 saturated heterocycles. The van der Waals surface area contributed by atoms with Gasteiger partial charge in [-0.05, 0) is 30.3 Å². The van der Waals surface area contributed by atoms with Gasteiger partial charge in [-0.1, -0.05) is 34.1 Å². The highest BCUT2D eigenvalue weighted by Gasteiger charge is 2.24. The van der Waals surface area contributed by atoms with Crippen LogP contribution in [0, 0.1) is 0 Å². The van der Waals surface area contributed by atoms with Crippen molar-refractivity contribution >= 4 is 38.4 Å². The number of hydrogen-bond donors (Lipinski definition) is 2. The number of piperazine rings is 1. The van der Waals surface area contributed by atoms with E-state index >= 15 is 0 Å². The molecule has 0 spiro atoms. The average Bonchev–Trinajstić information content (AvgIpc) is 3.05. The van der Waals surface area contributed by atoms with Crippen molar-refractivity contribution in [1.29, 1.82) is 0 Å². The van der Waals surface area contributed by atoms with Crippen molar-refractivity contribution in [3.8, 4) is 5.75 Å². The molecule has 0 saturated carbocycles. The Labute approximate surface area is 154 Å². The molecule has 1 aromatic heterocycles. The summed E-state index contributed by atoms with van der Waals surface area (Å²) in [6.07, 6.45) is 0. The number of nitrogens with zero attached hydrogens (tertiary/aromatic N) is 2. The standard InChI is InChI=1S/C19H18BrN3O2/c20-14-6-5-13-11-16(21-15(13)12-14)19(25)23-9-7-22(8-10-23)17-3-1-2-4-18(17)24/h1-6,11-12,21,24H,7-10H2. The van der Waals surface area contributed by atoms with Gasteiger partial charge in [0.2, 0.25) is 0 Å². The van der Waals surface area contributed by atoms with Gasteiger partial charge in [0.1, 0.15) is 11.4 Å². The van der Waals surface area contributed by atoms with Crippen LogP contribution in [0.4, 0.5) is 5.69 Å². The van der Waals surface area contributed by atoms with Crippen LogP contribution in [0.2, 0.25) is 0 Å². The molecule has 2 aromatic carbocycles. The van der Waals surface area contributed by atoms with Crippen LogP contribution in [0.25, 0.3) is 10.9 Å². The minimum atomic E-state index is 0.0178. The van der Waals surface area contributed by atoms with E-state index in [0.29, 0.717) is 31.9 Å². The Morgan fingerprint density at radius 3 is 2.56 bits per heavy atom. The third-order valence-electron chi connectivity index (χ3n) is 4.60. The normalized spacial score (nSPS) is 14.9. The van der Waals surface area contributed by atoms with Gasteiger partial charge in [0, 0.05) is 41.6 Å². The number of halogens is 1. The Hall–Kier alpha value is -2.47. The quantitative estimate of drug-likeness (QED) is 0.691. The van der Waals surface area contributed by atoms with Crippen LogP contribution in [0.5, 0.6) is 5.75 Å². The van der Waals surface area contributed by atoms with Crippen LogP contribution in [0.15, 0.2) is 53.0 Å². The largest absolute Gasteiger partial charge is 0.506 e. The predicted molar refractivity (Wildman–Crippen MR) is 102 cm³/mol. The number of aromatic hydroxyl groups is 1. The maximum Gasteiger partial charge on any atom is 0.270 e. The number of phenolic OH excluding ortho intramolecular Hbond substituents is 1. The van der Waals surface area contributed by atoms with Gasteiger partial charge < -0.3 is 19.9 Å². The van der Waals surface area contributed by atoms with E-state index in [4.69, 9.17) is 0 Å². The van der Waals surface area contributed by atoms with Crippen LogP contribution in [0.3, 0.4) is 0 Å². The number of amides is 1. The summed E-state index contributed by atoms with van der Waals surface area (Å²) in [6.45, 7) is 2.67. The SMILES string of the molecule is O=C(c1cc2ccc(Br)cc2[nH]1)N1CCN(c2ccccc2O)CC1. The Kier molecular flexibility index (Phi) is 4.13. The van der Waals surface area contributed by atoms with Gasteiger partial charge in [-0.25, -0.2) is 0 Å². The van der Waals surface area contributed by atoms with Gasteiger partial charge in [0.05, 0.1) is 5.69 Å². The zero-order valence-corrected chi connectivity index (χ0v) is 15.2. The van der Waals surface area contributed by atoms with Crippen LogP contribution in [0.1, 0.15) is 10.5 Å². The fourth-order valence-electron chi connectivity index (χ4n) is 3.27. The zero-order chi connectivity index (χ0) is 17.4. The Morgan fingerprint density at radius 2 is 1.80 bits per heavy atom. The summed E-state index contributed by atoms with van der Waals surface area (Å²) in [5.74, 6) is 0.299. The van der Waals surface area contributed by atoms with Gasteiger partial charge in [0.15, 0.2) is 0 Å². The van der Waals surface area contributed by atoms with E-state index in [-0.39, 0.29) is 11.7 Å². The topological polar surface area (TPSA) is 59.6 Å². The molecule has 4 rings (SSSR count). The van der Waals surface area contributed by atoms with Crippen molar-refractivity contribution in [2.45, 2.75) is 0 Å². The zero-order valence-electron chi connectivity index (χ0n) is 13.6. The first-order valence-electron chi connectivity index (χ1n) is 8.22. The summed E-state index contributed by atoms with van der Waals surface area (Å²) < 4.78 is 0.983. The highest BCUT2D eigenvalue weighted by atomic mass is 79.9. The molecular formula is C19H18BrN3O2. The summed E-state index contributed by atoms with van der Waals surface area (Å²) in [7, 11) is 0. The predicted octanol–water partition coefficient (Wildman–Crippen LogP) is 3.60. The van der Waals surface area contributed by atoms with Crippen molar-refractivity contribution < 1.29 is 9.90 Å². The number of anilines is 1. The first-order valence-corrected chi connectivity index (χ1v) is 9.01. The Morgan fingerprint density at radius 1 is 1.04 bits per heavy atom. The van der Waals surface area contributed by atoms with Gasteiger partial charge in [-0.2, -0.15) is 0 Å². The van der Waals surface area contributed by atoms with Gasteiger partial charge >= 0.3 is 0 Å². The van der Waals surface area contributed by atoms with Crippen LogP contribution >= 0.6 is 15.9 Å². The second-order valence-electron chi connectivity index (χ2n) is 6.18. The average molecular weight is 400 g/mol. The molecule has 2 heterocycles. The smallest absolute Gasteiger partial charge is 0.270 e. The third-order valence-corrected chi connectivity index (χ3v) is 5.10. The first kappa shape index (κ1) is 16.0. The van der Waals surface area contributed by atoms with E-state index in [1.54, 1.807) is 6.07 Å². The highest BCUT2D eigenvalue weighted by molar-refractivity contribution is 9.10. The summed E-state index contributed by atoms with van der Waals surface area (Å²) in [6, 6.07) is 15.2. The van der Waals surface area contributed by atoms with Gasteiger partial charge in [-0.3, -0.25) is 4.79 Å². The minimum absolute atomic E-state index is 0.0178. The number of para-hydroxylation sites is 2. The lowest BCUT2D eigenvalue weighted by Crippen LogP contribution is -2.48. The summed E-state index contributed by atoms with van der Waals surface area (Å²) >= 11 is 3.45. The molecule has 128 valence electrons. The van der Waals surface area contributed by atoms with Crippen LogP contribution in [-0.4, -0.2) is 47.1 Å². The molecule has 1 aliphatic rings. The van der Waals surface area contributed by atoms with E-state index < -0.39 is 0 Å². The first-order chi connectivity index (χ1) is 12.1. The lowest BCUT2D eigenvalue weighted by Gasteiger charge is -2.36. The number of rotatable bonds is 2. The van der Waals surface area contributed by atoms with Gasteiger partial charge in [-0.15, -0.1) is 0 Å². The summed E-state index contributed by atoms with van der Waals surface area (Å²) in [5.41, 5.74) is 2.39. The maximum atomic E-state index is 12.8. The number of benzene rings is 2. The van der Waals surface area contributed by atoms with E-state index in [0.717, 1.165) is 21.1 Å². The number of aromatic amines is 1. The Balaban J connectivity index is 1.48. The fraction of sp³-hybridized carbons (Fsp3) is 0.211. The number of carbonyl (C=O) groups is 1. The second kappa shape index (κ2) is 6.44. The molecule has 1 fully saturated rings. The monoisotopic (exact) mass is 399 g/mol. The molecule has 0 bridgehead atoms.